The number of anilines is 1. The second-order valence-corrected chi connectivity index (χ2v) is 7.52. The highest BCUT2D eigenvalue weighted by atomic mass is 32.1. The molecule has 0 spiro atoms. The average Bonchev–Trinajstić information content (AvgIpc) is 3.33. The number of carbonyl (C=O) groups is 1. The van der Waals surface area contributed by atoms with Crippen LogP contribution in [0.25, 0.3) is 0 Å². The SMILES string of the molecule is O=C([C@@H]1CCCN(c2ncccn2)C1)N1CCC[C@@H]1c1cccs1. The van der Waals surface area contributed by atoms with E-state index in [4.69, 9.17) is 0 Å². The molecule has 126 valence electrons. The largest absolute Gasteiger partial charge is 0.340 e. The quantitative estimate of drug-likeness (QED) is 0.860. The lowest BCUT2D eigenvalue weighted by Gasteiger charge is -2.35. The molecular formula is C18H22N4OS. The Morgan fingerprint density at radius 2 is 1.96 bits per heavy atom. The lowest BCUT2D eigenvalue weighted by Crippen LogP contribution is -2.45. The van der Waals surface area contributed by atoms with Gasteiger partial charge >= 0.3 is 0 Å². The van der Waals surface area contributed by atoms with Crippen molar-refractivity contribution >= 4 is 23.2 Å². The zero-order valence-corrected chi connectivity index (χ0v) is 14.5. The van der Waals surface area contributed by atoms with Gasteiger partial charge in [-0.3, -0.25) is 4.79 Å². The lowest BCUT2D eigenvalue weighted by atomic mass is 9.96. The van der Waals surface area contributed by atoms with Gasteiger partial charge in [0.2, 0.25) is 11.9 Å². The number of carbonyl (C=O) groups excluding carboxylic acids is 1. The van der Waals surface area contributed by atoms with Gasteiger partial charge < -0.3 is 9.80 Å². The van der Waals surface area contributed by atoms with Gasteiger partial charge in [-0.05, 0) is 43.2 Å². The Kier molecular flexibility index (Phi) is 4.47. The summed E-state index contributed by atoms with van der Waals surface area (Å²) in [5.41, 5.74) is 0. The summed E-state index contributed by atoms with van der Waals surface area (Å²) in [5.74, 6) is 1.11. The Labute approximate surface area is 146 Å². The predicted molar refractivity (Wildman–Crippen MR) is 95.0 cm³/mol. The summed E-state index contributed by atoms with van der Waals surface area (Å²) in [7, 11) is 0. The van der Waals surface area contributed by atoms with E-state index in [1.165, 1.54) is 4.88 Å². The van der Waals surface area contributed by atoms with Gasteiger partial charge in [0, 0.05) is 36.9 Å². The normalized spacial score (nSPS) is 24.3. The number of nitrogens with zero attached hydrogens (tertiary/aromatic N) is 4. The number of piperidine rings is 1. The summed E-state index contributed by atoms with van der Waals surface area (Å²) in [4.78, 5) is 27.4. The maximum absolute atomic E-state index is 13.1. The minimum Gasteiger partial charge on any atom is -0.340 e. The molecule has 2 aliphatic heterocycles. The van der Waals surface area contributed by atoms with Crippen LogP contribution in [0.4, 0.5) is 5.95 Å². The molecular weight excluding hydrogens is 320 g/mol. The Hall–Kier alpha value is -1.95. The fourth-order valence-corrected chi connectivity index (χ4v) is 4.73. The van der Waals surface area contributed by atoms with Crippen molar-refractivity contribution in [2.45, 2.75) is 31.7 Å². The van der Waals surface area contributed by atoms with Gasteiger partial charge in [-0.15, -0.1) is 11.3 Å². The highest BCUT2D eigenvalue weighted by molar-refractivity contribution is 7.10. The number of hydrogen-bond acceptors (Lipinski definition) is 5. The molecule has 2 aliphatic rings. The lowest BCUT2D eigenvalue weighted by molar-refractivity contribution is -0.136. The van der Waals surface area contributed by atoms with E-state index < -0.39 is 0 Å². The van der Waals surface area contributed by atoms with Crippen LogP contribution in [0.1, 0.15) is 36.6 Å². The molecule has 2 aromatic heterocycles. The first-order chi connectivity index (χ1) is 11.8. The monoisotopic (exact) mass is 342 g/mol. The van der Waals surface area contributed by atoms with Crippen molar-refractivity contribution in [3.63, 3.8) is 0 Å². The first-order valence-electron chi connectivity index (χ1n) is 8.69. The second kappa shape index (κ2) is 6.89. The number of rotatable bonds is 3. The highest BCUT2D eigenvalue weighted by Crippen LogP contribution is 2.36. The smallest absolute Gasteiger partial charge is 0.228 e. The molecule has 4 heterocycles. The van der Waals surface area contributed by atoms with Gasteiger partial charge in [-0.25, -0.2) is 9.97 Å². The fourth-order valence-electron chi connectivity index (χ4n) is 3.86. The molecule has 2 aromatic rings. The van der Waals surface area contributed by atoms with Crippen LogP contribution in [0, 0.1) is 5.92 Å². The van der Waals surface area contributed by atoms with Gasteiger partial charge in [0.1, 0.15) is 0 Å². The van der Waals surface area contributed by atoms with Crippen LogP contribution >= 0.6 is 11.3 Å². The Morgan fingerprint density at radius 1 is 1.12 bits per heavy atom. The maximum atomic E-state index is 13.1. The van der Waals surface area contributed by atoms with Gasteiger partial charge in [0.25, 0.3) is 0 Å². The van der Waals surface area contributed by atoms with Crippen molar-refractivity contribution in [2.75, 3.05) is 24.5 Å². The minimum atomic E-state index is 0.0584. The highest BCUT2D eigenvalue weighted by Gasteiger charge is 2.36. The summed E-state index contributed by atoms with van der Waals surface area (Å²) in [6.07, 6.45) is 7.71. The van der Waals surface area contributed by atoms with Gasteiger partial charge in [0.05, 0.1) is 12.0 Å². The van der Waals surface area contributed by atoms with Crippen LogP contribution in [-0.2, 0) is 4.79 Å². The predicted octanol–water partition coefficient (Wildman–Crippen LogP) is 3.12. The van der Waals surface area contributed by atoms with E-state index in [0.29, 0.717) is 5.91 Å². The van der Waals surface area contributed by atoms with E-state index in [9.17, 15) is 4.79 Å². The van der Waals surface area contributed by atoms with E-state index in [2.05, 4.69) is 37.3 Å². The molecule has 0 unspecified atom stereocenters. The van der Waals surface area contributed by atoms with Crippen molar-refractivity contribution in [3.8, 4) is 0 Å². The number of hydrogen-bond donors (Lipinski definition) is 0. The molecule has 0 bridgehead atoms. The molecule has 0 aromatic carbocycles. The molecule has 0 N–H and O–H groups in total. The molecule has 1 amide bonds. The third kappa shape index (κ3) is 3.02. The maximum Gasteiger partial charge on any atom is 0.228 e. The van der Waals surface area contributed by atoms with Crippen molar-refractivity contribution in [2.24, 2.45) is 5.92 Å². The minimum absolute atomic E-state index is 0.0584. The molecule has 0 aliphatic carbocycles. The van der Waals surface area contributed by atoms with Crippen LogP contribution in [-0.4, -0.2) is 40.4 Å². The molecule has 2 fully saturated rings. The zero-order valence-electron chi connectivity index (χ0n) is 13.7. The first-order valence-corrected chi connectivity index (χ1v) is 9.57. The van der Waals surface area contributed by atoms with Crippen molar-refractivity contribution in [1.29, 1.82) is 0 Å². The van der Waals surface area contributed by atoms with Crippen LogP contribution in [0.5, 0.6) is 0 Å². The Balaban J connectivity index is 1.47. The summed E-state index contributed by atoms with van der Waals surface area (Å²) >= 11 is 1.76. The van der Waals surface area contributed by atoms with Crippen molar-refractivity contribution in [1.82, 2.24) is 14.9 Å². The molecule has 0 saturated carbocycles. The van der Waals surface area contributed by atoms with Gasteiger partial charge in [-0.2, -0.15) is 0 Å². The first kappa shape index (κ1) is 15.6. The van der Waals surface area contributed by atoms with Crippen LogP contribution in [0.15, 0.2) is 36.0 Å². The molecule has 2 atom stereocenters. The molecule has 2 saturated heterocycles. The third-order valence-electron chi connectivity index (χ3n) is 5.01. The van der Waals surface area contributed by atoms with E-state index in [1.54, 1.807) is 23.7 Å². The van der Waals surface area contributed by atoms with Crippen LogP contribution < -0.4 is 4.90 Å². The summed E-state index contributed by atoms with van der Waals surface area (Å²) in [5, 5.41) is 2.10. The second-order valence-electron chi connectivity index (χ2n) is 6.54. The number of thiophene rings is 1. The number of amides is 1. The van der Waals surface area contributed by atoms with E-state index >= 15 is 0 Å². The average molecular weight is 342 g/mol. The number of aromatic nitrogens is 2. The molecule has 4 rings (SSSR count). The van der Waals surface area contributed by atoms with E-state index in [0.717, 1.165) is 51.3 Å². The van der Waals surface area contributed by atoms with E-state index in [1.807, 2.05) is 6.07 Å². The summed E-state index contributed by atoms with van der Waals surface area (Å²) < 4.78 is 0. The fraction of sp³-hybridized carbons (Fsp3) is 0.500. The Bertz CT molecular complexity index is 676. The molecule has 6 heteroatoms. The van der Waals surface area contributed by atoms with E-state index in [-0.39, 0.29) is 12.0 Å². The molecule has 0 radical (unpaired) electrons. The van der Waals surface area contributed by atoms with Crippen LogP contribution in [0.3, 0.4) is 0 Å². The van der Waals surface area contributed by atoms with Crippen molar-refractivity contribution < 1.29 is 4.79 Å². The Morgan fingerprint density at radius 3 is 2.75 bits per heavy atom. The topological polar surface area (TPSA) is 49.3 Å². The third-order valence-corrected chi connectivity index (χ3v) is 5.99. The molecule has 24 heavy (non-hydrogen) atoms. The van der Waals surface area contributed by atoms with Crippen LogP contribution in [0.2, 0.25) is 0 Å². The van der Waals surface area contributed by atoms with Gasteiger partial charge in [0.15, 0.2) is 0 Å². The summed E-state index contributed by atoms with van der Waals surface area (Å²) in [6, 6.07) is 6.34. The standard InChI is InChI=1S/C18H22N4OS/c23-17(22-11-2-6-15(22)16-7-3-12-24-16)14-5-1-10-21(13-14)18-19-8-4-9-20-18/h3-4,7-9,12,14-15H,1-2,5-6,10-11,13H2/t14-,15-/m1/s1. The zero-order chi connectivity index (χ0) is 16.4. The van der Waals surface area contributed by atoms with Crippen molar-refractivity contribution in [3.05, 3.63) is 40.8 Å². The van der Waals surface area contributed by atoms with Gasteiger partial charge in [-0.1, -0.05) is 6.07 Å². The number of likely N-dealkylation sites (tertiary alicyclic amines) is 1. The molecule has 5 nitrogen and oxygen atoms in total. The summed E-state index contributed by atoms with van der Waals surface area (Å²) in [6.45, 7) is 2.55.